The number of nitriles is 1. The summed E-state index contributed by atoms with van der Waals surface area (Å²) in [5.74, 6) is 0.572. The average Bonchev–Trinajstić information content (AvgIpc) is 2.39. The number of hydrogen-bond acceptors (Lipinski definition) is 4. The fourth-order valence-corrected chi connectivity index (χ4v) is 3.00. The predicted molar refractivity (Wildman–Crippen MR) is 71.2 cm³/mol. The van der Waals surface area contributed by atoms with Gasteiger partial charge in [-0.05, 0) is 25.0 Å². The lowest BCUT2D eigenvalue weighted by molar-refractivity contribution is 0.135. The topological polar surface area (TPSA) is 70.4 Å². The largest absolute Gasteiger partial charge is 0.489 e. The third-order valence-corrected chi connectivity index (χ3v) is 4.47. The lowest BCUT2D eigenvalue weighted by atomic mass is 10.1. The van der Waals surface area contributed by atoms with Crippen LogP contribution in [0.2, 0.25) is 0 Å². The van der Waals surface area contributed by atoms with Gasteiger partial charge >= 0.3 is 0 Å². The molecule has 0 spiro atoms. The van der Waals surface area contributed by atoms with E-state index < -0.39 is 10.0 Å². The van der Waals surface area contributed by atoms with E-state index in [-0.39, 0.29) is 6.10 Å². The van der Waals surface area contributed by atoms with Crippen molar-refractivity contribution in [3.8, 4) is 11.8 Å². The smallest absolute Gasteiger partial charge is 0.211 e. The highest BCUT2D eigenvalue weighted by molar-refractivity contribution is 7.88. The van der Waals surface area contributed by atoms with Crippen LogP contribution < -0.4 is 4.74 Å². The van der Waals surface area contributed by atoms with Gasteiger partial charge in [-0.2, -0.15) is 5.26 Å². The first-order chi connectivity index (χ1) is 9.00. The zero-order valence-electron chi connectivity index (χ0n) is 10.7. The summed E-state index contributed by atoms with van der Waals surface area (Å²) in [6, 6.07) is 9.17. The summed E-state index contributed by atoms with van der Waals surface area (Å²) in [5, 5.41) is 8.98. The quantitative estimate of drug-likeness (QED) is 0.838. The van der Waals surface area contributed by atoms with Gasteiger partial charge in [0.05, 0.1) is 11.8 Å². The predicted octanol–water partition coefficient (Wildman–Crippen LogP) is 1.36. The van der Waals surface area contributed by atoms with Crippen LogP contribution in [0.25, 0.3) is 0 Å². The molecule has 1 aliphatic heterocycles. The minimum atomic E-state index is -3.11. The van der Waals surface area contributed by atoms with Crippen LogP contribution in [0.15, 0.2) is 24.3 Å². The first kappa shape index (κ1) is 13.8. The van der Waals surface area contributed by atoms with Crippen LogP contribution in [0.1, 0.15) is 18.4 Å². The van der Waals surface area contributed by atoms with Gasteiger partial charge in [-0.15, -0.1) is 0 Å². The molecule has 0 aliphatic carbocycles. The highest BCUT2D eigenvalue weighted by atomic mass is 32.2. The summed E-state index contributed by atoms with van der Waals surface area (Å²) in [6.45, 7) is 0.941. The number of ether oxygens (including phenoxy) is 1. The maximum Gasteiger partial charge on any atom is 0.211 e. The molecule has 0 aromatic heterocycles. The van der Waals surface area contributed by atoms with E-state index in [1.165, 1.54) is 10.6 Å². The molecule has 0 unspecified atom stereocenters. The van der Waals surface area contributed by atoms with Crippen LogP contribution in [0.3, 0.4) is 0 Å². The maximum absolute atomic E-state index is 11.4. The minimum absolute atomic E-state index is 0.0347. The fourth-order valence-electron chi connectivity index (χ4n) is 2.12. The van der Waals surface area contributed by atoms with Gasteiger partial charge in [0.15, 0.2) is 0 Å². The van der Waals surface area contributed by atoms with Crippen molar-refractivity contribution in [1.29, 1.82) is 5.26 Å². The van der Waals surface area contributed by atoms with Crippen molar-refractivity contribution in [3.05, 3.63) is 29.8 Å². The second-order valence-corrected chi connectivity index (χ2v) is 6.57. The van der Waals surface area contributed by atoms with E-state index in [2.05, 4.69) is 6.07 Å². The van der Waals surface area contributed by atoms with Crippen LogP contribution in [-0.4, -0.2) is 38.2 Å². The lowest BCUT2D eigenvalue weighted by Gasteiger charge is -2.30. The number of sulfonamides is 1. The summed E-state index contributed by atoms with van der Waals surface area (Å²) in [5.41, 5.74) is 0.507. The van der Waals surface area contributed by atoms with Crippen molar-refractivity contribution >= 4 is 10.0 Å². The molecular formula is C13H16N2O3S. The molecule has 5 nitrogen and oxygen atoms in total. The van der Waals surface area contributed by atoms with Crippen LogP contribution in [-0.2, 0) is 10.0 Å². The normalized spacial score (nSPS) is 17.9. The first-order valence-corrected chi connectivity index (χ1v) is 7.96. The Balaban J connectivity index is 1.98. The minimum Gasteiger partial charge on any atom is -0.489 e. The van der Waals surface area contributed by atoms with Crippen LogP contribution in [0.4, 0.5) is 0 Å². The number of piperidine rings is 1. The third-order valence-electron chi connectivity index (χ3n) is 3.17. The lowest BCUT2D eigenvalue weighted by Crippen LogP contribution is -2.41. The zero-order valence-corrected chi connectivity index (χ0v) is 11.6. The molecule has 1 aliphatic rings. The molecule has 0 radical (unpaired) electrons. The summed E-state index contributed by atoms with van der Waals surface area (Å²) < 4.78 is 30.0. The molecule has 1 fully saturated rings. The van der Waals surface area contributed by atoms with E-state index in [0.717, 1.165) is 0 Å². The summed E-state index contributed by atoms with van der Waals surface area (Å²) in [7, 11) is -3.11. The highest BCUT2D eigenvalue weighted by Crippen LogP contribution is 2.23. The molecule has 1 aromatic rings. The monoisotopic (exact) mass is 280 g/mol. The number of benzene rings is 1. The number of para-hydroxylation sites is 1. The summed E-state index contributed by atoms with van der Waals surface area (Å²) >= 11 is 0. The number of hydrogen-bond donors (Lipinski definition) is 0. The van der Waals surface area contributed by atoms with Gasteiger partial charge < -0.3 is 4.74 Å². The first-order valence-electron chi connectivity index (χ1n) is 6.11. The summed E-state index contributed by atoms with van der Waals surface area (Å²) in [4.78, 5) is 0. The zero-order chi connectivity index (χ0) is 13.9. The van der Waals surface area contributed by atoms with E-state index in [4.69, 9.17) is 10.00 Å². The Kier molecular flexibility index (Phi) is 4.08. The third kappa shape index (κ3) is 3.46. The number of nitrogens with zero attached hydrogens (tertiary/aromatic N) is 2. The Bertz CT molecular complexity index is 584. The molecule has 0 bridgehead atoms. The second kappa shape index (κ2) is 5.59. The Morgan fingerprint density at radius 1 is 1.32 bits per heavy atom. The molecule has 1 aromatic carbocycles. The van der Waals surface area contributed by atoms with Crippen molar-refractivity contribution < 1.29 is 13.2 Å². The Morgan fingerprint density at radius 2 is 1.95 bits per heavy atom. The van der Waals surface area contributed by atoms with Gasteiger partial charge in [0.25, 0.3) is 0 Å². The molecular weight excluding hydrogens is 264 g/mol. The van der Waals surface area contributed by atoms with Crippen molar-refractivity contribution in [1.82, 2.24) is 4.31 Å². The Hall–Kier alpha value is -1.58. The van der Waals surface area contributed by atoms with Crippen LogP contribution in [0.5, 0.6) is 5.75 Å². The van der Waals surface area contributed by atoms with Crippen molar-refractivity contribution in [2.24, 2.45) is 0 Å². The molecule has 1 heterocycles. The van der Waals surface area contributed by atoms with E-state index >= 15 is 0 Å². The molecule has 102 valence electrons. The van der Waals surface area contributed by atoms with Crippen LogP contribution in [0, 0.1) is 11.3 Å². The van der Waals surface area contributed by atoms with E-state index in [0.29, 0.717) is 37.2 Å². The van der Waals surface area contributed by atoms with Gasteiger partial charge in [0, 0.05) is 13.1 Å². The molecule has 6 heteroatoms. The highest BCUT2D eigenvalue weighted by Gasteiger charge is 2.26. The van der Waals surface area contributed by atoms with E-state index in [1.54, 1.807) is 18.2 Å². The maximum atomic E-state index is 11.4. The SMILES string of the molecule is CS(=O)(=O)N1CCC(Oc2ccccc2C#N)CC1. The second-order valence-electron chi connectivity index (χ2n) is 4.59. The fraction of sp³-hybridized carbons (Fsp3) is 0.462. The average molecular weight is 280 g/mol. The van der Waals surface area contributed by atoms with Gasteiger partial charge in [-0.1, -0.05) is 12.1 Å². The summed E-state index contributed by atoms with van der Waals surface area (Å²) in [6.07, 6.45) is 2.48. The van der Waals surface area contributed by atoms with Gasteiger partial charge in [-0.25, -0.2) is 12.7 Å². The Morgan fingerprint density at radius 3 is 2.53 bits per heavy atom. The molecule has 1 saturated heterocycles. The van der Waals surface area contributed by atoms with Crippen LogP contribution >= 0.6 is 0 Å². The van der Waals surface area contributed by atoms with Crippen molar-refractivity contribution in [2.45, 2.75) is 18.9 Å². The molecule has 0 saturated carbocycles. The van der Waals surface area contributed by atoms with Gasteiger partial charge in [-0.3, -0.25) is 0 Å². The standard InChI is InChI=1S/C13H16N2O3S/c1-19(16,17)15-8-6-12(7-9-15)18-13-5-3-2-4-11(13)10-14/h2-5,12H,6-9H2,1H3. The van der Waals surface area contributed by atoms with Gasteiger partial charge in [0.2, 0.25) is 10.0 Å². The molecule has 0 atom stereocenters. The number of rotatable bonds is 3. The van der Waals surface area contributed by atoms with Crippen molar-refractivity contribution in [3.63, 3.8) is 0 Å². The van der Waals surface area contributed by atoms with E-state index in [1.807, 2.05) is 6.07 Å². The molecule has 2 rings (SSSR count). The molecule has 19 heavy (non-hydrogen) atoms. The van der Waals surface area contributed by atoms with Gasteiger partial charge in [0.1, 0.15) is 17.9 Å². The Labute approximate surface area is 113 Å². The molecule has 0 N–H and O–H groups in total. The van der Waals surface area contributed by atoms with Crippen molar-refractivity contribution in [2.75, 3.05) is 19.3 Å². The van der Waals surface area contributed by atoms with E-state index in [9.17, 15) is 8.42 Å². The molecule has 0 amide bonds.